The summed E-state index contributed by atoms with van der Waals surface area (Å²) < 4.78 is 0. The number of fused-ring (bicyclic) bond motifs is 2. The van der Waals surface area contributed by atoms with Gasteiger partial charge in [0.1, 0.15) is 0 Å². The van der Waals surface area contributed by atoms with Gasteiger partial charge in [-0.2, -0.15) is 0 Å². The molecule has 1 aromatic rings. The normalized spacial score (nSPS) is 27.8. The summed E-state index contributed by atoms with van der Waals surface area (Å²) in [5, 5.41) is 12.5. The maximum atomic E-state index is 12.1. The lowest BCUT2D eigenvalue weighted by Crippen LogP contribution is -2.33. The Labute approximate surface area is 132 Å². The van der Waals surface area contributed by atoms with Gasteiger partial charge < -0.3 is 10.4 Å². The number of carbonyl (C=O) groups is 1. The number of carbonyl (C=O) groups excluding carboxylic acids is 1. The number of pyridine rings is 1. The van der Waals surface area contributed by atoms with Crippen molar-refractivity contribution in [3.63, 3.8) is 0 Å². The lowest BCUT2D eigenvalue weighted by Gasteiger charge is -2.21. The summed E-state index contributed by atoms with van der Waals surface area (Å²) in [5.41, 5.74) is 0.962. The average Bonchev–Trinajstić information content (AvgIpc) is 3.15. The lowest BCUT2D eigenvalue weighted by molar-refractivity contribution is -0.122. The van der Waals surface area contributed by atoms with Gasteiger partial charge in [-0.25, -0.2) is 0 Å². The van der Waals surface area contributed by atoms with Crippen LogP contribution in [0.3, 0.4) is 0 Å². The number of hydrogen-bond donors (Lipinski definition) is 2. The van der Waals surface area contributed by atoms with Crippen molar-refractivity contribution < 1.29 is 9.90 Å². The van der Waals surface area contributed by atoms with Crippen LogP contribution in [-0.4, -0.2) is 29.1 Å². The van der Waals surface area contributed by atoms with E-state index in [-0.39, 0.29) is 18.4 Å². The van der Waals surface area contributed by atoms with Crippen molar-refractivity contribution in [2.75, 3.05) is 13.2 Å². The largest absolute Gasteiger partial charge is 0.396 e. The molecule has 4 heteroatoms. The van der Waals surface area contributed by atoms with Gasteiger partial charge >= 0.3 is 0 Å². The van der Waals surface area contributed by atoms with Crippen molar-refractivity contribution in [3.05, 3.63) is 30.1 Å². The molecule has 4 nitrogen and oxygen atoms in total. The van der Waals surface area contributed by atoms with Gasteiger partial charge in [-0.05, 0) is 55.6 Å². The summed E-state index contributed by atoms with van der Waals surface area (Å²) in [6, 6.07) is 5.79. The fourth-order valence-electron chi connectivity index (χ4n) is 4.21. The summed E-state index contributed by atoms with van der Waals surface area (Å²) in [6.07, 6.45) is 8.42. The minimum absolute atomic E-state index is 0.0406. The number of aliphatic hydroxyl groups is 1. The summed E-state index contributed by atoms with van der Waals surface area (Å²) in [5.74, 6) is 2.47. The molecule has 3 rings (SSSR count). The predicted molar refractivity (Wildman–Crippen MR) is 85.1 cm³/mol. The smallest absolute Gasteiger partial charge is 0.220 e. The summed E-state index contributed by atoms with van der Waals surface area (Å²) in [4.78, 5) is 16.4. The second-order valence-corrected chi connectivity index (χ2v) is 7.02. The van der Waals surface area contributed by atoms with Gasteiger partial charge in [-0.15, -0.1) is 0 Å². The molecule has 22 heavy (non-hydrogen) atoms. The van der Waals surface area contributed by atoms with Crippen LogP contribution in [0.4, 0.5) is 0 Å². The SMILES string of the molecule is O=C(CC1CC2CCC1C2)NCC(CO)Cc1ccccn1. The third kappa shape index (κ3) is 3.86. The Kier molecular flexibility index (Phi) is 5.08. The fraction of sp³-hybridized carbons (Fsp3) is 0.667. The molecule has 0 spiro atoms. The number of hydrogen-bond acceptors (Lipinski definition) is 3. The highest BCUT2D eigenvalue weighted by Gasteiger charge is 2.40. The van der Waals surface area contributed by atoms with Crippen LogP contribution in [0, 0.1) is 23.7 Å². The number of rotatable bonds is 7. The Bertz CT molecular complexity index is 491. The molecule has 1 aromatic heterocycles. The first kappa shape index (κ1) is 15.5. The van der Waals surface area contributed by atoms with Gasteiger partial charge in [0.25, 0.3) is 0 Å². The standard InChI is InChI=1S/C18H26N2O2/c21-12-14(9-17-3-1-2-6-19-17)11-20-18(22)10-16-8-13-4-5-15(16)7-13/h1-3,6,13-16,21H,4-5,7-12H2,(H,20,22). The Hall–Kier alpha value is -1.42. The Morgan fingerprint density at radius 3 is 2.91 bits per heavy atom. The van der Waals surface area contributed by atoms with Gasteiger partial charge in [0.2, 0.25) is 5.91 Å². The summed E-state index contributed by atoms with van der Waals surface area (Å²) in [7, 11) is 0. The van der Waals surface area contributed by atoms with Gasteiger partial charge in [0, 0.05) is 37.4 Å². The number of aromatic nitrogens is 1. The zero-order valence-electron chi connectivity index (χ0n) is 13.1. The van der Waals surface area contributed by atoms with Crippen LogP contribution in [0.15, 0.2) is 24.4 Å². The molecule has 2 saturated carbocycles. The Morgan fingerprint density at radius 2 is 2.27 bits per heavy atom. The van der Waals surface area contributed by atoms with Crippen LogP contribution < -0.4 is 5.32 Å². The van der Waals surface area contributed by atoms with Crippen molar-refractivity contribution in [1.82, 2.24) is 10.3 Å². The van der Waals surface area contributed by atoms with Crippen molar-refractivity contribution in [3.8, 4) is 0 Å². The number of nitrogens with zero attached hydrogens (tertiary/aromatic N) is 1. The second-order valence-electron chi connectivity index (χ2n) is 7.02. The molecule has 0 aromatic carbocycles. The van der Waals surface area contributed by atoms with E-state index < -0.39 is 0 Å². The van der Waals surface area contributed by atoms with Gasteiger partial charge in [0.05, 0.1) is 0 Å². The van der Waals surface area contributed by atoms with E-state index in [1.54, 1.807) is 6.20 Å². The molecule has 2 bridgehead atoms. The maximum absolute atomic E-state index is 12.1. The summed E-state index contributed by atoms with van der Waals surface area (Å²) >= 11 is 0. The van der Waals surface area contributed by atoms with E-state index in [2.05, 4.69) is 10.3 Å². The van der Waals surface area contributed by atoms with Crippen LogP contribution in [0.1, 0.15) is 37.8 Å². The van der Waals surface area contributed by atoms with Crippen molar-refractivity contribution in [2.24, 2.45) is 23.7 Å². The first-order valence-corrected chi connectivity index (χ1v) is 8.52. The Morgan fingerprint density at radius 1 is 1.36 bits per heavy atom. The molecule has 2 aliphatic rings. The van der Waals surface area contributed by atoms with E-state index in [1.165, 1.54) is 25.7 Å². The molecule has 120 valence electrons. The van der Waals surface area contributed by atoms with Crippen LogP contribution in [0.2, 0.25) is 0 Å². The summed E-state index contributed by atoms with van der Waals surface area (Å²) in [6.45, 7) is 0.609. The maximum Gasteiger partial charge on any atom is 0.220 e. The van der Waals surface area contributed by atoms with E-state index in [0.717, 1.165) is 17.5 Å². The molecule has 2 fully saturated rings. The third-order valence-electron chi connectivity index (χ3n) is 5.40. The molecule has 0 radical (unpaired) electrons. The van der Waals surface area contributed by atoms with Crippen molar-refractivity contribution in [1.29, 1.82) is 0 Å². The average molecular weight is 302 g/mol. The first-order chi connectivity index (χ1) is 10.7. The number of aliphatic hydroxyl groups excluding tert-OH is 1. The molecule has 0 aliphatic heterocycles. The van der Waals surface area contributed by atoms with Gasteiger partial charge in [0.15, 0.2) is 0 Å². The molecule has 2 aliphatic carbocycles. The quantitative estimate of drug-likeness (QED) is 0.811. The van der Waals surface area contributed by atoms with Crippen LogP contribution in [-0.2, 0) is 11.2 Å². The topological polar surface area (TPSA) is 62.2 Å². The molecular formula is C18H26N2O2. The van der Waals surface area contributed by atoms with E-state index >= 15 is 0 Å². The van der Waals surface area contributed by atoms with Crippen LogP contribution >= 0.6 is 0 Å². The second kappa shape index (κ2) is 7.23. The highest BCUT2D eigenvalue weighted by molar-refractivity contribution is 5.76. The van der Waals surface area contributed by atoms with Crippen molar-refractivity contribution in [2.45, 2.75) is 38.5 Å². The molecule has 4 unspecified atom stereocenters. The highest BCUT2D eigenvalue weighted by atomic mass is 16.3. The first-order valence-electron chi connectivity index (χ1n) is 8.52. The Balaban J connectivity index is 1.41. The zero-order valence-corrected chi connectivity index (χ0v) is 13.1. The van der Waals surface area contributed by atoms with E-state index in [0.29, 0.717) is 25.3 Å². The molecule has 1 amide bonds. The third-order valence-corrected chi connectivity index (χ3v) is 5.40. The van der Waals surface area contributed by atoms with E-state index in [1.807, 2.05) is 18.2 Å². The number of nitrogens with one attached hydrogen (secondary N) is 1. The molecule has 2 N–H and O–H groups in total. The molecule has 0 saturated heterocycles. The van der Waals surface area contributed by atoms with E-state index in [9.17, 15) is 9.90 Å². The van der Waals surface area contributed by atoms with Crippen molar-refractivity contribution >= 4 is 5.91 Å². The fourth-order valence-corrected chi connectivity index (χ4v) is 4.21. The molecule has 1 heterocycles. The van der Waals surface area contributed by atoms with Crippen LogP contribution in [0.25, 0.3) is 0 Å². The monoisotopic (exact) mass is 302 g/mol. The van der Waals surface area contributed by atoms with E-state index in [4.69, 9.17) is 0 Å². The zero-order chi connectivity index (χ0) is 15.4. The predicted octanol–water partition coefficient (Wildman–Crippen LogP) is 2.18. The lowest BCUT2D eigenvalue weighted by atomic mass is 9.86. The minimum Gasteiger partial charge on any atom is -0.396 e. The number of amides is 1. The highest BCUT2D eigenvalue weighted by Crippen LogP contribution is 2.49. The van der Waals surface area contributed by atoms with Gasteiger partial charge in [-0.3, -0.25) is 9.78 Å². The van der Waals surface area contributed by atoms with Crippen LogP contribution in [0.5, 0.6) is 0 Å². The molecular weight excluding hydrogens is 276 g/mol. The molecule has 4 atom stereocenters. The minimum atomic E-state index is 0.0406. The van der Waals surface area contributed by atoms with Gasteiger partial charge in [-0.1, -0.05) is 12.5 Å².